The molecule has 0 aliphatic carbocycles. The summed E-state index contributed by atoms with van der Waals surface area (Å²) in [6, 6.07) is 11.3. The van der Waals surface area contributed by atoms with Gasteiger partial charge in [0.25, 0.3) is 11.6 Å². The normalized spacial score (nSPS) is 14.9. The number of nitrogens with zero attached hydrogens (tertiary/aromatic N) is 4. The van der Waals surface area contributed by atoms with Crippen molar-refractivity contribution in [1.82, 2.24) is 9.80 Å². The van der Waals surface area contributed by atoms with Gasteiger partial charge in [-0.15, -0.1) is 12.4 Å². The number of rotatable bonds is 4. The Morgan fingerprint density at radius 2 is 1.82 bits per heavy atom. The van der Waals surface area contributed by atoms with Crippen molar-refractivity contribution in [3.63, 3.8) is 0 Å². The Balaban J connectivity index is 0.00000280. The van der Waals surface area contributed by atoms with E-state index in [1.54, 1.807) is 29.2 Å². The SMILES string of the molecule is CN1CCN(C(=O)C(C#N)=Cc2ccc(-c3ccc([N+](=O)[O-])cc3)o2)CC1.Cl. The zero-order valence-corrected chi connectivity index (χ0v) is 16.0. The van der Waals surface area contributed by atoms with E-state index in [0.717, 1.165) is 13.1 Å². The molecule has 0 unspecified atom stereocenters. The van der Waals surface area contributed by atoms with Gasteiger partial charge in [-0.25, -0.2) is 0 Å². The molecule has 1 aliphatic rings. The second kappa shape index (κ2) is 9.17. The van der Waals surface area contributed by atoms with Gasteiger partial charge in [-0.2, -0.15) is 5.26 Å². The van der Waals surface area contributed by atoms with Crippen molar-refractivity contribution in [3.8, 4) is 17.4 Å². The summed E-state index contributed by atoms with van der Waals surface area (Å²) in [7, 11) is 1.99. The van der Waals surface area contributed by atoms with Crippen LogP contribution in [0.25, 0.3) is 17.4 Å². The molecular weight excluding hydrogens is 384 g/mol. The number of nitro groups is 1. The molecule has 1 fully saturated rings. The number of carbonyl (C=O) groups is 1. The van der Waals surface area contributed by atoms with Crippen LogP contribution < -0.4 is 0 Å². The van der Waals surface area contributed by atoms with Gasteiger partial charge in [0, 0.05) is 50.0 Å². The molecule has 1 aliphatic heterocycles. The zero-order chi connectivity index (χ0) is 19.4. The van der Waals surface area contributed by atoms with Gasteiger partial charge in [0.05, 0.1) is 4.92 Å². The lowest BCUT2D eigenvalue weighted by molar-refractivity contribution is -0.384. The fourth-order valence-corrected chi connectivity index (χ4v) is 2.80. The maximum Gasteiger partial charge on any atom is 0.269 e. The lowest BCUT2D eigenvalue weighted by Crippen LogP contribution is -2.47. The number of piperazine rings is 1. The molecule has 2 aromatic rings. The molecule has 3 rings (SSSR count). The molecular formula is C19H19ClN4O4. The second-order valence-corrected chi connectivity index (χ2v) is 6.27. The Morgan fingerprint density at radius 3 is 2.39 bits per heavy atom. The number of likely N-dealkylation sites (N-methyl/N-ethyl adjacent to an activating group) is 1. The van der Waals surface area contributed by atoms with E-state index in [1.807, 2.05) is 13.1 Å². The number of amides is 1. The summed E-state index contributed by atoms with van der Waals surface area (Å²) in [6.07, 6.45) is 1.43. The van der Waals surface area contributed by atoms with Crippen molar-refractivity contribution < 1.29 is 14.1 Å². The molecule has 8 nitrogen and oxygen atoms in total. The maximum absolute atomic E-state index is 12.5. The Morgan fingerprint density at radius 1 is 1.18 bits per heavy atom. The Kier molecular flexibility index (Phi) is 6.93. The highest BCUT2D eigenvalue weighted by Crippen LogP contribution is 2.25. The van der Waals surface area contributed by atoms with E-state index in [2.05, 4.69) is 4.90 Å². The molecule has 9 heteroatoms. The predicted molar refractivity (Wildman–Crippen MR) is 106 cm³/mol. The molecule has 0 radical (unpaired) electrons. The largest absolute Gasteiger partial charge is 0.457 e. The average molecular weight is 403 g/mol. The third-order valence-corrected chi connectivity index (χ3v) is 4.42. The van der Waals surface area contributed by atoms with Gasteiger partial charge < -0.3 is 14.2 Å². The number of nitro benzene ring substituents is 1. The van der Waals surface area contributed by atoms with E-state index in [0.29, 0.717) is 30.2 Å². The van der Waals surface area contributed by atoms with E-state index in [1.165, 1.54) is 18.2 Å². The fraction of sp³-hybridized carbons (Fsp3) is 0.263. The van der Waals surface area contributed by atoms with Crippen molar-refractivity contribution in [2.75, 3.05) is 33.2 Å². The summed E-state index contributed by atoms with van der Waals surface area (Å²) in [5, 5.41) is 20.1. The summed E-state index contributed by atoms with van der Waals surface area (Å²) in [4.78, 5) is 26.6. The number of hydrogen-bond donors (Lipinski definition) is 0. The highest BCUT2D eigenvalue weighted by molar-refractivity contribution is 6.01. The van der Waals surface area contributed by atoms with Crippen molar-refractivity contribution in [2.24, 2.45) is 0 Å². The number of nitriles is 1. The summed E-state index contributed by atoms with van der Waals surface area (Å²) < 4.78 is 5.68. The lowest BCUT2D eigenvalue weighted by Gasteiger charge is -2.32. The van der Waals surface area contributed by atoms with E-state index in [4.69, 9.17) is 4.42 Å². The highest BCUT2D eigenvalue weighted by atomic mass is 35.5. The van der Waals surface area contributed by atoms with Crippen molar-refractivity contribution >= 4 is 30.1 Å². The molecule has 0 spiro atoms. The highest BCUT2D eigenvalue weighted by Gasteiger charge is 2.22. The fourth-order valence-electron chi connectivity index (χ4n) is 2.80. The van der Waals surface area contributed by atoms with Crippen molar-refractivity contribution in [3.05, 3.63) is 57.8 Å². The lowest BCUT2D eigenvalue weighted by atomic mass is 10.1. The van der Waals surface area contributed by atoms with Crippen molar-refractivity contribution in [1.29, 1.82) is 5.26 Å². The number of hydrogen-bond acceptors (Lipinski definition) is 6. The van der Waals surface area contributed by atoms with E-state index in [9.17, 15) is 20.2 Å². The van der Waals surface area contributed by atoms with Gasteiger partial charge in [-0.1, -0.05) is 0 Å². The van der Waals surface area contributed by atoms with Crippen LogP contribution in [0, 0.1) is 21.4 Å². The molecule has 2 heterocycles. The van der Waals surface area contributed by atoms with Crippen LogP contribution in [0.5, 0.6) is 0 Å². The first-order valence-electron chi connectivity index (χ1n) is 8.42. The van der Waals surface area contributed by atoms with Gasteiger partial charge in [0.1, 0.15) is 23.2 Å². The van der Waals surface area contributed by atoms with Gasteiger partial charge in [-0.05, 0) is 31.3 Å². The number of carbonyl (C=O) groups excluding carboxylic acids is 1. The molecule has 28 heavy (non-hydrogen) atoms. The third-order valence-electron chi connectivity index (χ3n) is 4.42. The van der Waals surface area contributed by atoms with Crippen LogP contribution in [0.3, 0.4) is 0 Å². The number of benzene rings is 1. The minimum absolute atomic E-state index is 0. The molecule has 1 amide bonds. The molecule has 1 aromatic heterocycles. The van der Waals surface area contributed by atoms with E-state index >= 15 is 0 Å². The van der Waals surface area contributed by atoms with Crippen LogP contribution in [-0.4, -0.2) is 53.9 Å². The predicted octanol–water partition coefficient (Wildman–Crippen LogP) is 2.96. The second-order valence-electron chi connectivity index (χ2n) is 6.27. The summed E-state index contributed by atoms with van der Waals surface area (Å²) in [5.41, 5.74) is 0.684. The standard InChI is InChI=1S/C19H18N4O4.ClH/c1-21-8-10-22(11-9-21)19(24)15(13-20)12-17-6-7-18(27-17)14-2-4-16(5-3-14)23(25)26;/h2-7,12H,8-11H2,1H3;1H. The molecule has 0 saturated carbocycles. The first-order valence-corrected chi connectivity index (χ1v) is 8.42. The smallest absolute Gasteiger partial charge is 0.269 e. The van der Waals surface area contributed by atoms with Crippen LogP contribution in [0.1, 0.15) is 5.76 Å². The molecule has 0 bridgehead atoms. The average Bonchev–Trinajstić information content (AvgIpc) is 3.15. The monoisotopic (exact) mass is 402 g/mol. The summed E-state index contributed by atoms with van der Waals surface area (Å²) in [6.45, 7) is 2.71. The minimum atomic E-state index is -0.469. The summed E-state index contributed by atoms with van der Waals surface area (Å²) >= 11 is 0. The first-order chi connectivity index (χ1) is 13.0. The van der Waals surface area contributed by atoms with Crippen LogP contribution in [-0.2, 0) is 4.79 Å². The maximum atomic E-state index is 12.5. The number of halogens is 1. The molecule has 0 N–H and O–H groups in total. The van der Waals surface area contributed by atoms with E-state index < -0.39 is 4.92 Å². The van der Waals surface area contributed by atoms with Gasteiger partial charge in [0.15, 0.2) is 0 Å². The van der Waals surface area contributed by atoms with Crippen LogP contribution in [0.15, 0.2) is 46.4 Å². The molecule has 1 saturated heterocycles. The molecule has 1 aromatic carbocycles. The third kappa shape index (κ3) is 4.76. The molecule has 146 valence electrons. The Bertz CT molecular complexity index is 922. The Hall–Kier alpha value is -3.15. The minimum Gasteiger partial charge on any atom is -0.457 e. The van der Waals surface area contributed by atoms with Crippen LogP contribution in [0.4, 0.5) is 5.69 Å². The zero-order valence-electron chi connectivity index (χ0n) is 15.2. The Labute approximate surface area is 168 Å². The number of non-ortho nitro benzene ring substituents is 1. The quantitative estimate of drug-likeness (QED) is 0.337. The van der Waals surface area contributed by atoms with Gasteiger partial charge >= 0.3 is 0 Å². The van der Waals surface area contributed by atoms with Crippen molar-refractivity contribution in [2.45, 2.75) is 0 Å². The first kappa shape index (κ1) is 21.2. The van der Waals surface area contributed by atoms with E-state index in [-0.39, 0.29) is 29.6 Å². The topological polar surface area (TPSA) is 104 Å². The molecule has 0 atom stereocenters. The number of furan rings is 1. The van der Waals surface area contributed by atoms with Gasteiger partial charge in [-0.3, -0.25) is 14.9 Å². The van der Waals surface area contributed by atoms with Crippen LogP contribution >= 0.6 is 12.4 Å². The van der Waals surface area contributed by atoms with Gasteiger partial charge in [0.2, 0.25) is 0 Å². The van der Waals surface area contributed by atoms with Crippen LogP contribution in [0.2, 0.25) is 0 Å². The summed E-state index contributed by atoms with van der Waals surface area (Å²) in [5.74, 6) is 0.571.